The molecule has 0 N–H and O–H groups in total. The van der Waals surface area contributed by atoms with Gasteiger partial charge in [-0.1, -0.05) is 30.3 Å². The molecule has 0 spiro atoms. The molecule has 0 aliphatic rings. The minimum absolute atomic E-state index is 0.270. The highest BCUT2D eigenvalue weighted by atomic mass is 19.1. The maximum Gasteiger partial charge on any atom is 0.159 e. The molecule has 1 aromatic heterocycles. The van der Waals surface area contributed by atoms with Gasteiger partial charge in [-0.2, -0.15) is 0 Å². The van der Waals surface area contributed by atoms with Gasteiger partial charge in [-0.25, -0.2) is 14.4 Å². The van der Waals surface area contributed by atoms with Crippen LogP contribution in [0.1, 0.15) is 0 Å². The van der Waals surface area contributed by atoms with Gasteiger partial charge >= 0.3 is 0 Å². The molecule has 1 heterocycles. The smallest absolute Gasteiger partial charge is 0.159 e. The highest BCUT2D eigenvalue weighted by molar-refractivity contribution is 5.79. The second-order valence-corrected chi connectivity index (χ2v) is 3.76. The van der Waals surface area contributed by atoms with Crippen molar-refractivity contribution in [3.05, 3.63) is 60.5 Å². The first-order valence-corrected chi connectivity index (χ1v) is 5.31. The Bertz CT molecular complexity index is 665. The lowest BCUT2D eigenvalue weighted by Gasteiger charge is -2.01. The monoisotopic (exact) mass is 224 g/mol. The van der Waals surface area contributed by atoms with Gasteiger partial charge in [-0.15, -0.1) is 0 Å². The maximum absolute atomic E-state index is 13.0. The zero-order chi connectivity index (χ0) is 11.7. The van der Waals surface area contributed by atoms with Crippen LogP contribution in [0.2, 0.25) is 0 Å². The van der Waals surface area contributed by atoms with Crippen molar-refractivity contribution in [1.82, 2.24) is 9.97 Å². The van der Waals surface area contributed by atoms with E-state index in [1.54, 1.807) is 12.3 Å². The van der Waals surface area contributed by atoms with Crippen molar-refractivity contribution < 1.29 is 4.39 Å². The molecule has 0 radical (unpaired) electrons. The van der Waals surface area contributed by atoms with Crippen LogP contribution in [0.15, 0.2) is 54.7 Å². The Morgan fingerprint density at radius 1 is 0.941 bits per heavy atom. The number of fused-ring (bicyclic) bond motifs is 1. The number of hydrogen-bond donors (Lipinski definition) is 0. The van der Waals surface area contributed by atoms with Crippen molar-refractivity contribution in [2.75, 3.05) is 0 Å². The molecule has 0 unspecified atom stereocenters. The summed E-state index contributed by atoms with van der Waals surface area (Å²) in [6.45, 7) is 0. The van der Waals surface area contributed by atoms with Crippen LogP contribution in [0.5, 0.6) is 0 Å². The van der Waals surface area contributed by atoms with E-state index in [0.717, 1.165) is 11.1 Å². The number of benzene rings is 2. The predicted molar refractivity (Wildman–Crippen MR) is 64.9 cm³/mol. The van der Waals surface area contributed by atoms with E-state index in [1.807, 2.05) is 30.3 Å². The van der Waals surface area contributed by atoms with Gasteiger partial charge < -0.3 is 0 Å². The van der Waals surface area contributed by atoms with E-state index < -0.39 is 0 Å². The number of nitrogens with zero attached hydrogens (tertiary/aromatic N) is 2. The van der Waals surface area contributed by atoms with E-state index in [4.69, 9.17) is 0 Å². The lowest BCUT2D eigenvalue weighted by Crippen LogP contribution is -1.90. The summed E-state index contributed by atoms with van der Waals surface area (Å²) in [6.07, 6.45) is 1.65. The maximum atomic E-state index is 13.0. The van der Waals surface area contributed by atoms with Crippen molar-refractivity contribution in [2.45, 2.75) is 0 Å². The van der Waals surface area contributed by atoms with Crippen LogP contribution in [0, 0.1) is 5.82 Å². The summed E-state index contributed by atoms with van der Waals surface area (Å²) < 4.78 is 13.0. The number of halogens is 1. The van der Waals surface area contributed by atoms with Crippen LogP contribution >= 0.6 is 0 Å². The molecule has 3 heteroatoms. The summed E-state index contributed by atoms with van der Waals surface area (Å²) in [4.78, 5) is 8.65. The molecule has 0 aliphatic heterocycles. The van der Waals surface area contributed by atoms with Crippen LogP contribution in [0.25, 0.3) is 22.3 Å². The lowest BCUT2D eigenvalue weighted by atomic mass is 10.2. The number of hydrogen-bond acceptors (Lipinski definition) is 2. The van der Waals surface area contributed by atoms with Crippen molar-refractivity contribution >= 4 is 10.9 Å². The van der Waals surface area contributed by atoms with Crippen LogP contribution in [-0.4, -0.2) is 9.97 Å². The molecule has 0 fully saturated rings. The molecule has 0 saturated heterocycles. The van der Waals surface area contributed by atoms with Crippen molar-refractivity contribution in [1.29, 1.82) is 0 Å². The largest absolute Gasteiger partial charge is 0.236 e. The van der Waals surface area contributed by atoms with Gasteiger partial charge in [0.1, 0.15) is 5.82 Å². The van der Waals surface area contributed by atoms with Gasteiger partial charge in [0.05, 0.1) is 5.52 Å². The minimum atomic E-state index is -0.270. The summed E-state index contributed by atoms with van der Waals surface area (Å²) in [7, 11) is 0. The average molecular weight is 224 g/mol. The Morgan fingerprint density at radius 3 is 2.59 bits per heavy atom. The summed E-state index contributed by atoms with van der Waals surface area (Å²) in [6, 6.07) is 14.2. The molecule has 2 aromatic carbocycles. The first-order valence-electron chi connectivity index (χ1n) is 5.31. The van der Waals surface area contributed by atoms with Gasteiger partial charge in [-0.05, 0) is 18.2 Å². The van der Waals surface area contributed by atoms with E-state index in [9.17, 15) is 4.39 Å². The fourth-order valence-electron chi connectivity index (χ4n) is 1.73. The molecule has 0 aliphatic carbocycles. The van der Waals surface area contributed by atoms with Gasteiger partial charge in [-0.3, -0.25) is 0 Å². The van der Waals surface area contributed by atoms with Crippen LogP contribution in [-0.2, 0) is 0 Å². The quantitative estimate of drug-likeness (QED) is 0.632. The second-order valence-electron chi connectivity index (χ2n) is 3.76. The molecule has 0 amide bonds. The third-order valence-electron chi connectivity index (χ3n) is 2.57. The number of aromatic nitrogens is 2. The van der Waals surface area contributed by atoms with Crippen LogP contribution in [0.4, 0.5) is 4.39 Å². The van der Waals surface area contributed by atoms with E-state index in [1.165, 1.54) is 12.1 Å². The zero-order valence-electron chi connectivity index (χ0n) is 8.97. The standard InChI is InChI=1S/C14H9FN2/c15-12-6-7-13-11(8-12)9-16-14(17-13)10-4-2-1-3-5-10/h1-9H. The van der Waals surface area contributed by atoms with E-state index in [-0.39, 0.29) is 5.82 Å². The van der Waals surface area contributed by atoms with E-state index in [2.05, 4.69) is 9.97 Å². The van der Waals surface area contributed by atoms with Crippen molar-refractivity contribution in [3.63, 3.8) is 0 Å². The molecular formula is C14H9FN2. The zero-order valence-corrected chi connectivity index (χ0v) is 8.97. The predicted octanol–water partition coefficient (Wildman–Crippen LogP) is 3.44. The highest BCUT2D eigenvalue weighted by Crippen LogP contribution is 2.18. The minimum Gasteiger partial charge on any atom is -0.236 e. The third-order valence-corrected chi connectivity index (χ3v) is 2.57. The fraction of sp³-hybridized carbons (Fsp3) is 0. The second kappa shape index (κ2) is 3.94. The summed E-state index contributed by atoms with van der Waals surface area (Å²) in [5, 5.41) is 0.713. The Morgan fingerprint density at radius 2 is 1.76 bits per heavy atom. The Labute approximate surface area is 97.8 Å². The topological polar surface area (TPSA) is 25.8 Å². The molecule has 2 nitrogen and oxygen atoms in total. The normalized spacial score (nSPS) is 10.6. The Hall–Kier alpha value is -2.29. The summed E-state index contributed by atoms with van der Waals surface area (Å²) in [5.74, 6) is 0.387. The summed E-state index contributed by atoms with van der Waals surface area (Å²) >= 11 is 0. The van der Waals surface area contributed by atoms with Gasteiger partial charge in [0.2, 0.25) is 0 Å². The number of rotatable bonds is 1. The SMILES string of the molecule is Fc1ccc2nc(-c3ccccc3)ncc2c1. The average Bonchev–Trinajstić information content (AvgIpc) is 2.39. The van der Waals surface area contributed by atoms with Crippen molar-refractivity contribution in [2.24, 2.45) is 0 Å². The molecule has 3 rings (SSSR count). The Balaban J connectivity index is 2.17. The van der Waals surface area contributed by atoms with Crippen LogP contribution in [0.3, 0.4) is 0 Å². The first kappa shape index (κ1) is 9.90. The molecule has 82 valence electrons. The molecule has 0 bridgehead atoms. The Kier molecular flexibility index (Phi) is 2.29. The van der Waals surface area contributed by atoms with Gasteiger partial charge in [0.15, 0.2) is 5.82 Å². The molecular weight excluding hydrogens is 215 g/mol. The third kappa shape index (κ3) is 1.87. The van der Waals surface area contributed by atoms with E-state index >= 15 is 0 Å². The molecule has 17 heavy (non-hydrogen) atoms. The molecule has 3 aromatic rings. The summed E-state index contributed by atoms with van der Waals surface area (Å²) in [5.41, 5.74) is 1.71. The van der Waals surface area contributed by atoms with Gasteiger partial charge in [0, 0.05) is 17.1 Å². The lowest BCUT2D eigenvalue weighted by molar-refractivity contribution is 0.629. The highest BCUT2D eigenvalue weighted by Gasteiger charge is 2.02. The first-order chi connectivity index (χ1) is 8.33. The van der Waals surface area contributed by atoms with Crippen molar-refractivity contribution in [3.8, 4) is 11.4 Å². The van der Waals surface area contributed by atoms with E-state index in [0.29, 0.717) is 11.2 Å². The van der Waals surface area contributed by atoms with Crippen LogP contribution < -0.4 is 0 Å². The van der Waals surface area contributed by atoms with Gasteiger partial charge in [0.25, 0.3) is 0 Å². The molecule has 0 saturated carbocycles. The fourth-order valence-corrected chi connectivity index (χ4v) is 1.73. The molecule has 0 atom stereocenters.